The number of rotatable bonds is 9. The summed E-state index contributed by atoms with van der Waals surface area (Å²) in [6, 6.07) is 11.9. The SMILES string of the molecule is CCCCCCOCc1ccc(-c2ccc(C=O)cn2)cc1. The van der Waals surface area contributed by atoms with E-state index in [0.717, 1.165) is 30.6 Å². The van der Waals surface area contributed by atoms with E-state index < -0.39 is 0 Å². The van der Waals surface area contributed by atoms with Crippen molar-refractivity contribution >= 4 is 6.29 Å². The molecule has 1 aromatic carbocycles. The van der Waals surface area contributed by atoms with E-state index in [1.807, 2.05) is 18.2 Å². The van der Waals surface area contributed by atoms with Crippen molar-refractivity contribution in [3.05, 3.63) is 53.7 Å². The Morgan fingerprint density at radius 3 is 2.50 bits per heavy atom. The normalized spacial score (nSPS) is 10.6. The van der Waals surface area contributed by atoms with E-state index in [9.17, 15) is 4.79 Å². The number of aldehydes is 1. The van der Waals surface area contributed by atoms with Crippen molar-refractivity contribution in [2.75, 3.05) is 6.61 Å². The predicted octanol–water partition coefficient (Wildman–Crippen LogP) is 4.66. The monoisotopic (exact) mass is 297 g/mol. The fraction of sp³-hybridized carbons (Fsp3) is 0.368. The molecule has 0 bridgehead atoms. The van der Waals surface area contributed by atoms with Crippen molar-refractivity contribution in [2.24, 2.45) is 0 Å². The van der Waals surface area contributed by atoms with Gasteiger partial charge in [-0.05, 0) is 24.1 Å². The minimum absolute atomic E-state index is 0.594. The number of pyridine rings is 1. The lowest BCUT2D eigenvalue weighted by atomic mass is 10.1. The lowest BCUT2D eigenvalue weighted by molar-refractivity contribution is 0.112. The van der Waals surface area contributed by atoms with Crippen LogP contribution in [0.25, 0.3) is 11.3 Å². The highest BCUT2D eigenvalue weighted by Gasteiger charge is 2.00. The Bertz CT molecular complexity index is 561. The maximum atomic E-state index is 10.6. The summed E-state index contributed by atoms with van der Waals surface area (Å²) >= 11 is 0. The predicted molar refractivity (Wildman–Crippen MR) is 88.9 cm³/mol. The third-order valence-corrected chi connectivity index (χ3v) is 3.58. The van der Waals surface area contributed by atoms with Gasteiger partial charge in [-0.2, -0.15) is 0 Å². The number of carbonyl (C=O) groups excluding carboxylic acids is 1. The number of ether oxygens (including phenoxy) is 1. The molecule has 0 saturated carbocycles. The molecule has 0 spiro atoms. The highest BCUT2D eigenvalue weighted by Crippen LogP contribution is 2.18. The van der Waals surface area contributed by atoms with Crippen molar-refractivity contribution in [2.45, 2.75) is 39.2 Å². The molecule has 22 heavy (non-hydrogen) atoms. The Morgan fingerprint density at radius 1 is 1.05 bits per heavy atom. The average Bonchev–Trinajstić information content (AvgIpc) is 2.59. The zero-order valence-corrected chi connectivity index (χ0v) is 13.1. The molecule has 0 atom stereocenters. The van der Waals surface area contributed by atoms with Gasteiger partial charge in [0.15, 0.2) is 6.29 Å². The van der Waals surface area contributed by atoms with Crippen LogP contribution in [0, 0.1) is 0 Å². The molecule has 1 aromatic heterocycles. The first-order valence-corrected chi connectivity index (χ1v) is 7.91. The summed E-state index contributed by atoms with van der Waals surface area (Å²) in [5, 5.41) is 0. The van der Waals surface area contributed by atoms with Crippen LogP contribution in [0.1, 0.15) is 48.5 Å². The van der Waals surface area contributed by atoms with Crippen LogP contribution in [-0.4, -0.2) is 17.9 Å². The standard InChI is InChI=1S/C19H23NO2/c1-2-3-4-5-12-22-15-16-6-9-18(10-7-16)19-11-8-17(14-21)13-20-19/h6-11,13-14H,2-5,12,15H2,1H3. The molecule has 116 valence electrons. The third kappa shape index (κ3) is 5.08. The summed E-state index contributed by atoms with van der Waals surface area (Å²) in [7, 11) is 0. The minimum Gasteiger partial charge on any atom is -0.377 e. The lowest BCUT2D eigenvalue weighted by Crippen LogP contribution is -1.95. The topological polar surface area (TPSA) is 39.2 Å². The zero-order valence-electron chi connectivity index (χ0n) is 13.1. The second kappa shape index (κ2) is 9.11. The van der Waals surface area contributed by atoms with E-state index in [1.54, 1.807) is 12.3 Å². The zero-order chi connectivity index (χ0) is 15.6. The first-order valence-electron chi connectivity index (χ1n) is 7.91. The van der Waals surface area contributed by atoms with Gasteiger partial charge in [0, 0.05) is 23.9 Å². The van der Waals surface area contributed by atoms with Crippen LogP contribution < -0.4 is 0 Å². The molecule has 1 heterocycles. The molecule has 0 aliphatic rings. The van der Waals surface area contributed by atoms with Gasteiger partial charge in [0.1, 0.15) is 0 Å². The largest absolute Gasteiger partial charge is 0.377 e. The minimum atomic E-state index is 0.594. The molecule has 0 aliphatic heterocycles. The van der Waals surface area contributed by atoms with Gasteiger partial charge in [0.05, 0.1) is 12.3 Å². The number of hydrogen-bond acceptors (Lipinski definition) is 3. The van der Waals surface area contributed by atoms with Gasteiger partial charge in [0.2, 0.25) is 0 Å². The van der Waals surface area contributed by atoms with Gasteiger partial charge in [-0.15, -0.1) is 0 Å². The van der Waals surface area contributed by atoms with Crippen molar-refractivity contribution < 1.29 is 9.53 Å². The van der Waals surface area contributed by atoms with Crippen LogP contribution >= 0.6 is 0 Å². The van der Waals surface area contributed by atoms with Crippen LogP contribution in [0.3, 0.4) is 0 Å². The molecule has 0 aliphatic carbocycles. The molecular formula is C19H23NO2. The number of carbonyl (C=O) groups is 1. The molecule has 0 amide bonds. The number of nitrogens with zero attached hydrogens (tertiary/aromatic N) is 1. The van der Waals surface area contributed by atoms with Crippen LogP contribution in [0.15, 0.2) is 42.6 Å². The summed E-state index contributed by atoms with van der Waals surface area (Å²) in [5.41, 5.74) is 3.68. The highest BCUT2D eigenvalue weighted by atomic mass is 16.5. The Kier molecular flexibility index (Phi) is 6.78. The Balaban J connectivity index is 1.83. The van der Waals surface area contributed by atoms with E-state index in [4.69, 9.17) is 4.74 Å². The van der Waals surface area contributed by atoms with Crippen LogP contribution in [0.4, 0.5) is 0 Å². The number of aromatic nitrogens is 1. The molecule has 0 saturated heterocycles. The molecule has 0 radical (unpaired) electrons. The van der Waals surface area contributed by atoms with Crippen molar-refractivity contribution in [1.29, 1.82) is 0 Å². The fourth-order valence-corrected chi connectivity index (χ4v) is 2.24. The Morgan fingerprint density at radius 2 is 1.86 bits per heavy atom. The first kappa shape index (κ1) is 16.4. The van der Waals surface area contributed by atoms with Crippen LogP contribution in [0.5, 0.6) is 0 Å². The number of benzene rings is 1. The van der Waals surface area contributed by atoms with E-state index in [2.05, 4.69) is 24.0 Å². The van der Waals surface area contributed by atoms with Crippen molar-refractivity contribution in [1.82, 2.24) is 4.98 Å². The highest BCUT2D eigenvalue weighted by molar-refractivity contribution is 5.75. The maximum absolute atomic E-state index is 10.6. The molecule has 3 nitrogen and oxygen atoms in total. The maximum Gasteiger partial charge on any atom is 0.151 e. The summed E-state index contributed by atoms with van der Waals surface area (Å²) in [6.45, 7) is 3.70. The average molecular weight is 297 g/mol. The molecule has 0 N–H and O–H groups in total. The first-order chi connectivity index (χ1) is 10.8. The van der Waals surface area contributed by atoms with Crippen LogP contribution in [-0.2, 0) is 11.3 Å². The molecule has 0 fully saturated rings. The van der Waals surface area contributed by atoms with E-state index in [1.165, 1.54) is 24.8 Å². The summed E-state index contributed by atoms with van der Waals surface area (Å²) in [5.74, 6) is 0. The van der Waals surface area contributed by atoms with E-state index in [-0.39, 0.29) is 0 Å². The summed E-state index contributed by atoms with van der Waals surface area (Å²) < 4.78 is 5.69. The molecule has 0 unspecified atom stereocenters. The molecular weight excluding hydrogens is 274 g/mol. The smallest absolute Gasteiger partial charge is 0.151 e. The second-order valence-corrected chi connectivity index (χ2v) is 5.40. The van der Waals surface area contributed by atoms with E-state index in [0.29, 0.717) is 12.2 Å². The second-order valence-electron chi connectivity index (χ2n) is 5.40. The third-order valence-electron chi connectivity index (χ3n) is 3.58. The van der Waals surface area contributed by atoms with Crippen molar-refractivity contribution in [3.8, 4) is 11.3 Å². The van der Waals surface area contributed by atoms with Gasteiger partial charge in [-0.3, -0.25) is 9.78 Å². The molecule has 2 rings (SSSR count). The van der Waals surface area contributed by atoms with E-state index >= 15 is 0 Å². The van der Waals surface area contributed by atoms with Gasteiger partial charge < -0.3 is 4.74 Å². The van der Waals surface area contributed by atoms with Crippen molar-refractivity contribution in [3.63, 3.8) is 0 Å². The fourth-order valence-electron chi connectivity index (χ4n) is 2.24. The Hall–Kier alpha value is -2.00. The number of unbranched alkanes of at least 4 members (excludes halogenated alkanes) is 3. The molecule has 2 aromatic rings. The quantitative estimate of drug-likeness (QED) is 0.499. The summed E-state index contributed by atoms with van der Waals surface area (Å²) in [4.78, 5) is 14.9. The van der Waals surface area contributed by atoms with Gasteiger partial charge >= 0.3 is 0 Å². The number of hydrogen-bond donors (Lipinski definition) is 0. The van der Waals surface area contributed by atoms with Crippen LogP contribution in [0.2, 0.25) is 0 Å². The molecule has 3 heteroatoms. The Labute approximate surface area is 132 Å². The van der Waals surface area contributed by atoms with Gasteiger partial charge in [-0.25, -0.2) is 0 Å². The summed E-state index contributed by atoms with van der Waals surface area (Å²) in [6.07, 6.45) is 7.32. The lowest BCUT2D eigenvalue weighted by Gasteiger charge is -2.06. The van der Waals surface area contributed by atoms with Gasteiger partial charge in [-0.1, -0.05) is 50.5 Å². The van der Waals surface area contributed by atoms with Gasteiger partial charge in [0.25, 0.3) is 0 Å².